The van der Waals surface area contributed by atoms with Crippen molar-refractivity contribution in [3.05, 3.63) is 29.8 Å². The van der Waals surface area contributed by atoms with Crippen LogP contribution in [-0.2, 0) is 14.8 Å². The largest absolute Gasteiger partial charge is 0.479 e. The third kappa shape index (κ3) is 2.18. The van der Waals surface area contributed by atoms with Crippen molar-refractivity contribution in [3.8, 4) is 0 Å². The predicted molar refractivity (Wildman–Crippen MR) is 74.2 cm³/mol. The van der Waals surface area contributed by atoms with E-state index in [-0.39, 0.29) is 23.6 Å². The van der Waals surface area contributed by atoms with Gasteiger partial charge in [0.1, 0.15) is 5.84 Å². The number of aliphatic carboxylic acids is 1. The summed E-state index contributed by atoms with van der Waals surface area (Å²) in [6.45, 7) is 3.44. The van der Waals surface area contributed by atoms with Crippen molar-refractivity contribution in [3.63, 3.8) is 0 Å². The second-order valence-corrected chi connectivity index (χ2v) is 6.26. The molecule has 1 aromatic carbocycles. The quantitative estimate of drug-likeness (QED) is 0.877. The number of hydrogen-bond acceptors (Lipinski definition) is 4. The summed E-state index contributed by atoms with van der Waals surface area (Å²) in [5.74, 6) is -0.953. The molecule has 0 saturated heterocycles. The normalized spacial score (nSPS) is 18.6. The molecule has 108 valence electrons. The summed E-state index contributed by atoms with van der Waals surface area (Å²) < 4.78 is 26.2. The average Bonchev–Trinajstić information content (AvgIpc) is 2.68. The highest BCUT2D eigenvalue weighted by Crippen LogP contribution is 2.27. The number of aliphatic imine (C=N–C) groups is 1. The zero-order valence-electron chi connectivity index (χ0n) is 11.3. The maximum absolute atomic E-state index is 12.0. The van der Waals surface area contributed by atoms with E-state index < -0.39 is 21.5 Å². The molecular formula is C13H16N2O4S. The number of rotatable bonds is 4. The van der Waals surface area contributed by atoms with Crippen molar-refractivity contribution < 1.29 is 18.3 Å². The number of hydrogen-bond donors (Lipinski definition) is 2. The maximum atomic E-state index is 12.0. The molecule has 1 aliphatic rings. The molecule has 1 aliphatic heterocycles. The van der Waals surface area contributed by atoms with E-state index in [1.54, 1.807) is 32.0 Å². The first-order valence-corrected chi connectivity index (χ1v) is 7.80. The third-order valence-corrected chi connectivity index (χ3v) is 4.95. The first-order chi connectivity index (χ1) is 9.36. The molecule has 0 aromatic heterocycles. The van der Waals surface area contributed by atoms with Crippen LogP contribution in [0.4, 0.5) is 0 Å². The maximum Gasteiger partial charge on any atom is 0.331 e. The Bertz CT molecular complexity index is 675. The summed E-state index contributed by atoms with van der Waals surface area (Å²) in [5.41, 5.74) is -0.894. The number of carbonyl (C=O) groups is 1. The van der Waals surface area contributed by atoms with E-state index in [4.69, 9.17) is 0 Å². The molecule has 2 rings (SSSR count). The van der Waals surface area contributed by atoms with Gasteiger partial charge in [-0.1, -0.05) is 26.0 Å². The van der Waals surface area contributed by atoms with Crippen LogP contribution in [0, 0.1) is 0 Å². The van der Waals surface area contributed by atoms with Crippen molar-refractivity contribution in [2.24, 2.45) is 4.99 Å². The Morgan fingerprint density at radius 1 is 1.30 bits per heavy atom. The molecule has 2 N–H and O–H groups in total. The van der Waals surface area contributed by atoms with E-state index in [2.05, 4.69) is 9.71 Å². The lowest BCUT2D eigenvalue weighted by atomic mass is 9.93. The fourth-order valence-corrected chi connectivity index (χ4v) is 3.42. The van der Waals surface area contributed by atoms with E-state index in [9.17, 15) is 18.3 Å². The predicted octanol–water partition coefficient (Wildman–Crippen LogP) is 1.37. The van der Waals surface area contributed by atoms with Crippen molar-refractivity contribution in [2.75, 3.05) is 0 Å². The van der Waals surface area contributed by atoms with Crippen LogP contribution in [0.1, 0.15) is 32.3 Å². The van der Waals surface area contributed by atoms with Gasteiger partial charge >= 0.3 is 5.97 Å². The van der Waals surface area contributed by atoms with Gasteiger partial charge in [0.2, 0.25) is 0 Å². The number of fused-ring (bicyclic) bond motifs is 1. The Balaban J connectivity index is 2.61. The highest BCUT2D eigenvalue weighted by Gasteiger charge is 2.38. The Labute approximate surface area is 117 Å². The van der Waals surface area contributed by atoms with Gasteiger partial charge in [0.25, 0.3) is 10.0 Å². The first kappa shape index (κ1) is 14.5. The summed E-state index contributed by atoms with van der Waals surface area (Å²) >= 11 is 0. The molecule has 1 heterocycles. The van der Waals surface area contributed by atoms with Gasteiger partial charge in [-0.05, 0) is 25.0 Å². The molecule has 7 heteroatoms. The average molecular weight is 296 g/mol. The van der Waals surface area contributed by atoms with E-state index in [1.807, 2.05) is 0 Å². The molecular weight excluding hydrogens is 280 g/mol. The van der Waals surface area contributed by atoms with Crippen LogP contribution in [-0.4, -0.2) is 30.9 Å². The van der Waals surface area contributed by atoms with Crippen LogP contribution in [0.25, 0.3) is 0 Å². The van der Waals surface area contributed by atoms with Crippen LogP contribution in [0.15, 0.2) is 34.2 Å². The van der Waals surface area contributed by atoms with Crippen LogP contribution in [0.3, 0.4) is 0 Å². The minimum atomic E-state index is -3.64. The lowest BCUT2D eigenvalue weighted by Crippen LogP contribution is -2.38. The summed E-state index contributed by atoms with van der Waals surface area (Å²) in [6, 6.07) is 6.40. The number of carboxylic acid groups (broad SMARTS) is 1. The molecule has 0 fully saturated rings. The fraction of sp³-hybridized carbons (Fsp3) is 0.385. The fourth-order valence-electron chi connectivity index (χ4n) is 2.19. The van der Waals surface area contributed by atoms with E-state index in [0.29, 0.717) is 5.56 Å². The number of benzene rings is 1. The standard InChI is InChI=1S/C13H16N2O4S/c1-3-13(4-2,12(16)17)14-11-9-7-5-6-8-10(9)20(18,19)15-11/h5-8H,3-4H2,1-2H3,(H,14,15)(H,16,17). The van der Waals surface area contributed by atoms with Crippen molar-refractivity contribution >= 4 is 21.8 Å². The van der Waals surface area contributed by atoms with Crippen molar-refractivity contribution in [2.45, 2.75) is 37.1 Å². The van der Waals surface area contributed by atoms with Crippen molar-refractivity contribution in [1.82, 2.24) is 4.72 Å². The number of amidine groups is 1. The van der Waals surface area contributed by atoms with Crippen LogP contribution in [0.2, 0.25) is 0 Å². The molecule has 0 amide bonds. The lowest BCUT2D eigenvalue weighted by molar-refractivity contribution is -0.143. The second kappa shape index (κ2) is 4.90. The summed E-state index contributed by atoms with van der Waals surface area (Å²) in [6.07, 6.45) is 0.568. The van der Waals surface area contributed by atoms with Gasteiger partial charge < -0.3 is 5.11 Å². The summed E-state index contributed by atoms with van der Waals surface area (Å²) in [5, 5.41) is 9.38. The second-order valence-electron chi connectivity index (χ2n) is 4.61. The topological polar surface area (TPSA) is 95.8 Å². The van der Waals surface area contributed by atoms with E-state index in [1.165, 1.54) is 6.07 Å². The zero-order chi connectivity index (χ0) is 15.0. The number of nitrogens with one attached hydrogen (secondary N) is 1. The minimum absolute atomic E-state index is 0.103. The molecule has 0 atom stereocenters. The Hall–Kier alpha value is -1.89. The van der Waals surface area contributed by atoms with Gasteiger partial charge in [0.15, 0.2) is 5.54 Å². The van der Waals surface area contributed by atoms with E-state index in [0.717, 1.165) is 0 Å². The molecule has 1 aromatic rings. The zero-order valence-corrected chi connectivity index (χ0v) is 12.1. The van der Waals surface area contributed by atoms with Gasteiger partial charge in [-0.25, -0.2) is 18.2 Å². The number of carboxylic acids is 1. The molecule has 0 spiro atoms. The Morgan fingerprint density at radius 3 is 2.45 bits per heavy atom. The molecule has 6 nitrogen and oxygen atoms in total. The molecule has 0 bridgehead atoms. The van der Waals surface area contributed by atoms with Gasteiger partial charge in [0, 0.05) is 5.56 Å². The molecule has 20 heavy (non-hydrogen) atoms. The minimum Gasteiger partial charge on any atom is -0.479 e. The number of sulfonamides is 1. The van der Waals surface area contributed by atoms with Crippen LogP contribution < -0.4 is 4.72 Å². The monoisotopic (exact) mass is 296 g/mol. The van der Waals surface area contributed by atoms with Crippen LogP contribution >= 0.6 is 0 Å². The van der Waals surface area contributed by atoms with Gasteiger partial charge in [0.05, 0.1) is 4.90 Å². The van der Waals surface area contributed by atoms with Gasteiger partial charge in [-0.3, -0.25) is 4.72 Å². The highest BCUT2D eigenvalue weighted by atomic mass is 32.2. The lowest BCUT2D eigenvalue weighted by Gasteiger charge is -2.22. The first-order valence-electron chi connectivity index (χ1n) is 6.32. The van der Waals surface area contributed by atoms with Crippen LogP contribution in [0.5, 0.6) is 0 Å². The molecule has 0 saturated carbocycles. The van der Waals surface area contributed by atoms with Gasteiger partial charge in [-0.15, -0.1) is 0 Å². The smallest absolute Gasteiger partial charge is 0.331 e. The summed E-state index contributed by atoms with van der Waals surface area (Å²) in [4.78, 5) is 15.8. The Morgan fingerprint density at radius 2 is 1.90 bits per heavy atom. The molecule has 0 unspecified atom stereocenters. The summed E-state index contributed by atoms with van der Waals surface area (Å²) in [7, 11) is -3.64. The molecule has 0 aliphatic carbocycles. The molecule has 0 radical (unpaired) electrons. The van der Waals surface area contributed by atoms with Crippen molar-refractivity contribution in [1.29, 1.82) is 0 Å². The third-order valence-electron chi connectivity index (χ3n) is 3.56. The van der Waals surface area contributed by atoms with Gasteiger partial charge in [-0.2, -0.15) is 0 Å². The SMILES string of the molecule is CCC(CC)(N=C1NS(=O)(=O)c2ccccc21)C(=O)O. The Kier molecular flexibility index (Phi) is 3.56. The highest BCUT2D eigenvalue weighted by molar-refractivity contribution is 7.90. The van der Waals surface area contributed by atoms with E-state index >= 15 is 0 Å². The number of nitrogens with zero attached hydrogens (tertiary/aromatic N) is 1.